The first-order chi connectivity index (χ1) is 12.1. The zero-order chi connectivity index (χ0) is 17.8. The number of hydrogen-bond donors (Lipinski definition) is 0. The van der Waals surface area contributed by atoms with E-state index < -0.39 is 0 Å². The van der Waals surface area contributed by atoms with Crippen LogP contribution in [-0.4, -0.2) is 35.9 Å². The molecule has 0 saturated carbocycles. The van der Waals surface area contributed by atoms with Crippen molar-refractivity contribution in [1.29, 1.82) is 0 Å². The van der Waals surface area contributed by atoms with E-state index in [2.05, 4.69) is 26.8 Å². The summed E-state index contributed by atoms with van der Waals surface area (Å²) >= 11 is 7.00. The Morgan fingerprint density at radius 3 is 2.80 bits per heavy atom. The van der Waals surface area contributed by atoms with Crippen molar-refractivity contribution in [1.82, 2.24) is 14.7 Å². The molecule has 132 valence electrons. The monoisotopic (exact) mass is 377 g/mol. The molecule has 0 atom stereocenters. The maximum absolute atomic E-state index is 5.67. The van der Waals surface area contributed by atoms with E-state index in [9.17, 15) is 0 Å². The van der Waals surface area contributed by atoms with Crippen molar-refractivity contribution in [3.8, 4) is 23.0 Å². The Morgan fingerprint density at radius 2 is 2.12 bits per heavy atom. The van der Waals surface area contributed by atoms with Crippen LogP contribution in [-0.2, 0) is 13.2 Å². The van der Waals surface area contributed by atoms with E-state index in [1.54, 1.807) is 36.3 Å². The number of nitrogens with zero attached hydrogens (tertiary/aromatic N) is 3. The third kappa shape index (κ3) is 4.09. The van der Waals surface area contributed by atoms with Gasteiger partial charge in [-0.1, -0.05) is 0 Å². The first-order valence-corrected chi connectivity index (χ1v) is 8.95. The molecule has 0 aliphatic carbocycles. The van der Waals surface area contributed by atoms with Crippen LogP contribution in [0.25, 0.3) is 11.5 Å². The Labute approximate surface area is 155 Å². The van der Waals surface area contributed by atoms with Crippen molar-refractivity contribution in [2.24, 2.45) is 0 Å². The minimum absolute atomic E-state index is 0.324. The van der Waals surface area contributed by atoms with Crippen LogP contribution in [0.15, 0.2) is 39.4 Å². The molecule has 3 aromatic rings. The third-order valence-corrected chi connectivity index (χ3v) is 4.68. The summed E-state index contributed by atoms with van der Waals surface area (Å²) < 4.78 is 18.0. The SMILES string of the molecule is COc1ccc(-c2nn(CN(C)Cc3ccsc3)c(=S)o2)c(OC)c1. The lowest BCUT2D eigenvalue weighted by atomic mass is 10.2. The summed E-state index contributed by atoms with van der Waals surface area (Å²) in [4.78, 5) is 2.44. The number of methoxy groups -OCH3 is 2. The molecule has 0 unspecified atom stereocenters. The largest absolute Gasteiger partial charge is 0.497 e. The van der Waals surface area contributed by atoms with Gasteiger partial charge in [-0.15, -0.1) is 5.10 Å². The van der Waals surface area contributed by atoms with Gasteiger partial charge in [-0.25, -0.2) is 4.68 Å². The molecule has 0 radical (unpaired) electrons. The second-order valence-electron chi connectivity index (χ2n) is 5.53. The maximum Gasteiger partial charge on any atom is 0.288 e. The lowest BCUT2D eigenvalue weighted by Gasteiger charge is -2.14. The normalized spacial score (nSPS) is 11.0. The van der Waals surface area contributed by atoms with Crippen LogP contribution in [0.2, 0.25) is 0 Å². The highest BCUT2D eigenvalue weighted by molar-refractivity contribution is 7.71. The summed E-state index contributed by atoms with van der Waals surface area (Å²) in [5.41, 5.74) is 1.99. The number of aromatic nitrogens is 2. The van der Waals surface area contributed by atoms with Crippen LogP contribution in [0.3, 0.4) is 0 Å². The topological polar surface area (TPSA) is 52.7 Å². The van der Waals surface area contributed by atoms with E-state index in [0.29, 0.717) is 28.9 Å². The summed E-state index contributed by atoms with van der Waals surface area (Å²) in [6.45, 7) is 1.36. The van der Waals surface area contributed by atoms with Gasteiger partial charge in [-0.05, 0) is 53.8 Å². The van der Waals surface area contributed by atoms with E-state index in [0.717, 1.165) is 12.1 Å². The molecule has 0 fully saturated rings. The number of thiophene rings is 1. The zero-order valence-corrected chi connectivity index (χ0v) is 15.9. The molecule has 8 heteroatoms. The summed E-state index contributed by atoms with van der Waals surface area (Å²) in [5, 5.41) is 8.70. The molecule has 0 N–H and O–H groups in total. The lowest BCUT2D eigenvalue weighted by Crippen LogP contribution is -2.22. The lowest BCUT2D eigenvalue weighted by molar-refractivity contribution is 0.241. The minimum Gasteiger partial charge on any atom is -0.497 e. The Balaban J connectivity index is 1.81. The molecule has 0 aliphatic rings. The van der Waals surface area contributed by atoms with Crippen molar-refractivity contribution in [3.05, 3.63) is 45.4 Å². The number of rotatable bonds is 7. The number of ether oxygens (including phenoxy) is 2. The fraction of sp³-hybridized carbons (Fsp3) is 0.294. The molecule has 0 bridgehead atoms. The zero-order valence-electron chi connectivity index (χ0n) is 14.3. The molecular formula is C17H19N3O3S2. The van der Waals surface area contributed by atoms with Crippen LogP contribution < -0.4 is 9.47 Å². The molecule has 6 nitrogen and oxygen atoms in total. The summed E-state index contributed by atoms with van der Waals surface area (Å²) in [7, 11) is 5.22. The smallest absolute Gasteiger partial charge is 0.288 e. The second kappa shape index (κ2) is 7.81. The van der Waals surface area contributed by atoms with Crippen LogP contribution >= 0.6 is 23.6 Å². The molecule has 2 heterocycles. The van der Waals surface area contributed by atoms with E-state index >= 15 is 0 Å². The van der Waals surface area contributed by atoms with Crippen molar-refractivity contribution < 1.29 is 13.9 Å². The van der Waals surface area contributed by atoms with E-state index in [1.165, 1.54) is 5.56 Å². The van der Waals surface area contributed by atoms with Crippen LogP contribution in [0.5, 0.6) is 11.5 Å². The van der Waals surface area contributed by atoms with Crippen molar-refractivity contribution >= 4 is 23.6 Å². The first-order valence-electron chi connectivity index (χ1n) is 7.60. The van der Waals surface area contributed by atoms with Crippen molar-refractivity contribution in [2.75, 3.05) is 21.3 Å². The van der Waals surface area contributed by atoms with Crippen LogP contribution in [0.4, 0.5) is 0 Å². The molecule has 1 aromatic carbocycles. The first kappa shape index (κ1) is 17.7. The summed E-state index contributed by atoms with van der Waals surface area (Å²) in [5.74, 6) is 1.75. The van der Waals surface area contributed by atoms with Gasteiger partial charge in [0, 0.05) is 12.6 Å². The summed E-state index contributed by atoms with van der Waals surface area (Å²) in [6, 6.07) is 7.57. The van der Waals surface area contributed by atoms with Gasteiger partial charge in [0.25, 0.3) is 10.7 Å². The summed E-state index contributed by atoms with van der Waals surface area (Å²) in [6.07, 6.45) is 0. The third-order valence-electron chi connectivity index (χ3n) is 3.65. The fourth-order valence-electron chi connectivity index (χ4n) is 2.45. The fourth-order valence-corrected chi connectivity index (χ4v) is 3.29. The van der Waals surface area contributed by atoms with Gasteiger partial charge >= 0.3 is 0 Å². The van der Waals surface area contributed by atoms with Crippen LogP contribution in [0.1, 0.15) is 5.56 Å². The average molecular weight is 377 g/mol. The highest BCUT2D eigenvalue weighted by Crippen LogP contribution is 2.32. The number of benzene rings is 1. The molecule has 2 aromatic heterocycles. The van der Waals surface area contributed by atoms with E-state index in [1.807, 2.05) is 19.2 Å². The average Bonchev–Trinajstić information content (AvgIpc) is 3.24. The Kier molecular flexibility index (Phi) is 5.52. The van der Waals surface area contributed by atoms with Crippen molar-refractivity contribution in [2.45, 2.75) is 13.2 Å². The predicted molar refractivity (Wildman–Crippen MR) is 99.7 cm³/mol. The molecule has 0 amide bonds. The van der Waals surface area contributed by atoms with Crippen molar-refractivity contribution in [3.63, 3.8) is 0 Å². The molecule has 3 rings (SSSR count). The quantitative estimate of drug-likeness (QED) is 0.579. The van der Waals surface area contributed by atoms with Gasteiger partial charge in [0.15, 0.2) is 0 Å². The molecule has 0 spiro atoms. The van der Waals surface area contributed by atoms with Gasteiger partial charge in [0.1, 0.15) is 11.5 Å². The minimum atomic E-state index is 0.324. The van der Waals surface area contributed by atoms with E-state index in [4.69, 9.17) is 26.1 Å². The Hall–Kier alpha value is -2.16. The highest BCUT2D eigenvalue weighted by Gasteiger charge is 2.15. The Morgan fingerprint density at radius 1 is 1.28 bits per heavy atom. The van der Waals surface area contributed by atoms with Gasteiger partial charge in [-0.3, -0.25) is 4.90 Å². The molecular weight excluding hydrogens is 358 g/mol. The molecule has 25 heavy (non-hydrogen) atoms. The van der Waals surface area contributed by atoms with Gasteiger partial charge < -0.3 is 13.9 Å². The second-order valence-corrected chi connectivity index (χ2v) is 6.66. The highest BCUT2D eigenvalue weighted by atomic mass is 32.1. The van der Waals surface area contributed by atoms with Gasteiger partial charge in [-0.2, -0.15) is 11.3 Å². The van der Waals surface area contributed by atoms with E-state index in [-0.39, 0.29) is 0 Å². The maximum atomic E-state index is 5.67. The number of hydrogen-bond acceptors (Lipinski definition) is 7. The molecule has 0 saturated heterocycles. The predicted octanol–water partition coefficient (Wildman–Crippen LogP) is 4.04. The van der Waals surface area contributed by atoms with Gasteiger partial charge in [0.2, 0.25) is 0 Å². The molecule has 0 aliphatic heterocycles. The standard InChI is InChI=1S/C17H19N3O3S2/c1-19(9-12-6-7-25-10-12)11-20-17(24)23-16(18-20)14-5-4-13(21-2)8-15(14)22-3/h4-8,10H,9,11H2,1-3H3. The van der Waals surface area contributed by atoms with Crippen LogP contribution in [0, 0.1) is 4.84 Å². The Bertz CT molecular complexity index is 887. The van der Waals surface area contributed by atoms with Gasteiger partial charge in [0.05, 0.1) is 26.5 Å².